The van der Waals surface area contributed by atoms with Gasteiger partial charge in [0.2, 0.25) is 0 Å². The highest BCUT2D eigenvalue weighted by atomic mass is 19.1. The van der Waals surface area contributed by atoms with Crippen molar-refractivity contribution >= 4 is 0 Å². The van der Waals surface area contributed by atoms with Crippen LogP contribution in [0.1, 0.15) is 0 Å². The Balaban J connectivity index is 0.0000000833. The van der Waals surface area contributed by atoms with Crippen molar-refractivity contribution in [2.45, 2.75) is 0 Å². The largest absolute Gasteiger partial charge is 0.377 e. The predicted molar refractivity (Wildman–Crippen MR) is 22.1 cm³/mol. The van der Waals surface area contributed by atoms with E-state index in [1.54, 1.807) is 0 Å². The Hall–Kier alpha value is -0.370. The molecule has 0 bridgehead atoms. The van der Waals surface area contributed by atoms with E-state index in [9.17, 15) is 4.39 Å². The molecule has 0 atom stereocenters. The van der Waals surface area contributed by atoms with E-state index in [4.69, 9.17) is 0 Å². The molecule has 0 aromatic rings. The summed E-state index contributed by atoms with van der Waals surface area (Å²) in [5.41, 5.74) is 0. The van der Waals surface area contributed by atoms with E-state index in [0.29, 0.717) is 0 Å². The molecule has 0 aliphatic carbocycles. The molecule has 1 aliphatic heterocycles. The fraction of sp³-hybridized carbons (Fsp3) is 0.500. The normalized spacial score (nSPS) is 14.2. The zero-order valence-electron chi connectivity index (χ0n) is 3.48. The molecule has 1 nitrogen and oxygen atoms in total. The van der Waals surface area contributed by atoms with E-state index in [2.05, 4.69) is 11.3 Å². The first kappa shape index (κ1) is 5.63. The van der Waals surface area contributed by atoms with Crippen molar-refractivity contribution < 1.29 is 9.13 Å². The molecule has 1 rings (SSSR count). The third-order valence-electron chi connectivity index (χ3n) is 0.204. The van der Waals surface area contributed by atoms with Crippen LogP contribution in [0.25, 0.3) is 0 Å². The lowest BCUT2D eigenvalue weighted by Crippen LogP contribution is -1.20. The number of rotatable bonds is 0. The number of hydrogen-bond donors (Lipinski definition) is 0. The zero-order valence-corrected chi connectivity index (χ0v) is 3.48. The summed E-state index contributed by atoms with van der Waals surface area (Å²) in [6, 6.07) is 0. The maximum absolute atomic E-state index is 10.1. The van der Waals surface area contributed by atoms with Gasteiger partial charge in [-0.2, -0.15) is 0 Å². The molecular weight excluding hydrogens is 83.0 g/mol. The minimum absolute atomic E-state index is 0.250. The summed E-state index contributed by atoms with van der Waals surface area (Å²) in [5.74, 6) is 0. The number of ether oxygens (including phenoxy) is 1. The topological polar surface area (TPSA) is 12.5 Å². The quantitative estimate of drug-likeness (QED) is 0.406. The summed E-state index contributed by atoms with van der Waals surface area (Å²) in [4.78, 5) is 0. The molecule has 0 spiro atoms. The van der Waals surface area contributed by atoms with E-state index in [1.807, 2.05) is 0 Å². The Morgan fingerprint density at radius 1 is 1.67 bits per heavy atom. The molecule has 36 valence electrons. The summed E-state index contributed by atoms with van der Waals surface area (Å²) in [6.07, 6.45) is 0.250. The first-order chi connectivity index (χ1) is 2.91. The number of epoxide rings is 1. The molecule has 0 aromatic carbocycles. The maximum Gasteiger partial charge on any atom is 0.0795 e. The van der Waals surface area contributed by atoms with Crippen molar-refractivity contribution in [3.8, 4) is 0 Å². The molecule has 6 heavy (non-hydrogen) atoms. The average molecular weight is 90.1 g/mol. The highest BCUT2D eigenvalue weighted by Crippen LogP contribution is 1.84. The van der Waals surface area contributed by atoms with Gasteiger partial charge in [-0.25, -0.2) is 4.39 Å². The van der Waals surface area contributed by atoms with Crippen LogP contribution in [0.15, 0.2) is 12.9 Å². The van der Waals surface area contributed by atoms with Gasteiger partial charge in [0.25, 0.3) is 0 Å². The van der Waals surface area contributed by atoms with Crippen LogP contribution in [0.3, 0.4) is 0 Å². The molecule has 1 saturated heterocycles. The summed E-state index contributed by atoms with van der Waals surface area (Å²) in [5, 5.41) is 0. The molecule has 0 aromatic heterocycles. The SMILES string of the molecule is C1CO1.C=CF. The molecule has 0 unspecified atom stereocenters. The fourth-order valence-corrected chi connectivity index (χ4v) is 0. The van der Waals surface area contributed by atoms with E-state index in [-0.39, 0.29) is 6.33 Å². The van der Waals surface area contributed by atoms with Gasteiger partial charge in [0.15, 0.2) is 0 Å². The second kappa shape index (κ2) is 4.63. The molecule has 0 N–H and O–H groups in total. The zero-order chi connectivity index (χ0) is 4.83. The van der Waals surface area contributed by atoms with Crippen molar-refractivity contribution in [1.82, 2.24) is 0 Å². The second-order valence-electron chi connectivity index (χ2n) is 0.767. The first-order valence-electron chi connectivity index (χ1n) is 1.70. The van der Waals surface area contributed by atoms with Crippen LogP contribution in [0.4, 0.5) is 4.39 Å². The smallest absolute Gasteiger partial charge is 0.0795 e. The fourth-order valence-electron chi connectivity index (χ4n) is 0. The van der Waals surface area contributed by atoms with E-state index in [1.165, 1.54) is 0 Å². The molecule has 0 radical (unpaired) electrons. The van der Waals surface area contributed by atoms with Crippen molar-refractivity contribution in [3.05, 3.63) is 12.9 Å². The van der Waals surface area contributed by atoms with Gasteiger partial charge in [0.1, 0.15) is 0 Å². The Bertz CT molecular complexity index is 31.8. The van der Waals surface area contributed by atoms with Crippen molar-refractivity contribution in [2.75, 3.05) is 13.2 Å². The van der Waals surface area contributed by atoms with Crippen LogP contribution in [0.5, 0.6) is 0 Å². The lowest BCUT2D eigenvalue weighted by atomic mass is 11.0. The van der Waals surface area contributed by atoms with Crippen LogP contribution in [0, 0.1) is 0 Å². The molecule has 2 heteroatoms. The van der Waals surface area contributed by atoms with E-state index >= 15 is 0 Å². The minimum atomic E-state index is 0.250. The highest BCUT2D eigenvalue weighted by molar-refractivity contribution is 4.39. The Kier molecular flexibility index (Phi) is 4.34. The summed E-state index contributed by atoms with van der Waals surface area (Å²) >= 11 is 0. The maximum atomic E-state index is 10.1. The van der Waals surface area contributed by atoms with Gasteiger partial charge < -0.3 is 4.74 Å². The van der Waals surface area contributed by atoms with Gasteiger partial charge in [0, 0.05) is 0 Å². The standard InChI is InChI=1S/C2H3F.C2H4O/c1-2-3;1-2-3-1/h2H,1H2;1-2H2. The average Bonchev–Trinajstić information content (AvgIpc) is 2.11. The van der Waals surface area contributed by atoms with Crippen molar-refractivity contribution in [1.29, 1.82) is 0 Å². The van der Waals surface area contributed by atoms with Crippen molar-refractivity contribution in [3.63, 3.8) is 0 Å². The van der Waals surface area contributed by atoms with Gasteiger partial charge in [-0.3, -0.25) is 0 Å². The van der Waals surface area contributed by atoms with Crippen LogP contribution in [-0.2, 0) is 4.74 Å². The third-order valence-corrected chi connectivity index (χ3v) is 0.204. The van der Waals surface area contributed by atoms with Gasteiger partial charge in [-0.1, -0.05) is 6.58 Å². The number of hydrogen-bond acceptors (Lipinski definition) is 1. The van der Waals surface area contributed by atoms with Crippen LogP contribution < -0.4 is 0 Å². The second-order valence-corrected chi connectivity index (χ2v) is 0.767. The molecule has 1 fully saturated rings. The first-order valence-corrected chi connectivity index (χ1v) is 1.70. The highest BCUT2D eigenvalue weighted by Gasteiger charge is 1.94. The van der Waals surface area contributed by atoms with Crippen molar-refractivity contribution in [2.24, 2.45) is 0 Å². The number of halogens is 1. The Labute approximate surface area is 36.4 Å². The molecule has 1 aliphatic rings. The lowest BCUT2D eigenvalue weighted by Gasteiger charge is -1.28. The summed E-state index contributed by atoms with van der Waals surface area (Å²) in [7, 11) is 0. The van der Waals surface area contributed by atoms with E-state index < -0.39 is 0 Å². The monoisotopic (exact) mass is 90.0 g/mol. The third kappa shape index (κ3) is 63.3. The van der Waals surface area contributed by atoms with Crippen LogP contribution in [0.2, 0.25) is 0 Å². The van der Waals surface area contributed by atoms with E-state index in [0.717, 1.165) is 13.2 Å². The molecule has 0 saturated carbocycles. The molecular formula is C4H7FO. The predicted octanol–water partition coefficient (Wildman–Crippen LogP) is 1.12. The van der Waals surface area contributed by atoms with Crippen LogP contribution in [-0.4, -0.2) is 13.2 Å². The minimum Gasteiger partial charge on any atom is -0.377 e. The summed E-state index contributed by atoms with van der Waals surface area (Å²) < 4.78 is 14.6. The summed E-state index contributed by atoms with van der Waals surface area (Å²) in [6.45, 7) is 4.69. The van der Waals surface area contributed by atoms with Crippen LogP contribution >= 0.6 is 0 Å². The molecule has 1 heterocycles. The van der Waals surface area contributed by atoms with Gasteiger partial charge >= 0.3 is 0 Å². The van der Waals surface area contributed by atoms with Gasteiger partial charge in [-0.05, 0) is 0 Å². The molecule has 0 amide bonds. The Morgan fingerprint density at radius 2 is 1.83 bits per heavy atom. The van der Waals surface area contributed by atoms with Gasteiger partial charge in [0.05, 0.1) is 19.5 Å². The Morgan fingerprint density at radius 3 is 1.83 bits per heavy atom. The lowest BCUT2D eigenvalue weighted by molar-refractivity contribution is 0.475. The van der Waals surface area contributed by atoms with Gasteiger partial charge in [-0.15, -0.1) is 0 Å².